The molecular weight excluding hydrogens is 406 g/mol. The molecule has 0 unspecified atom stereocenters. The number of imidazole rings is 1. The van der Waals surface area contributed by atoms with E-state index in [-0.39, 0.29) is 23.6 Å². The van der Waals surface area contributed by atoms with Crippen LogP contribution >= 0.6 is 15.9 Å². The van der Waals surface area contributed by atoms with Crippen LogP contribution in [0, 0.1) is 12.8 Å². The largest absolute Gasteiger partial charge is 0.326 e. The van der Waals surface area contributed by atoms with Gasteiger partial charge in [-0.2, -0.15) is 0 Å². The maximum Gasteiger partial charge on any atom is 0.326 e. The van der Waals surface area contributed by atoms with E-state index in [2.05, 4.69) is 26.2 Å². The zero-order valence-electron chi connectivity index (χ0n) is 15.2. The molecule has 1 fully saturated rings. The van der Waals surface area contributed by atoms with Gasteiger partial charge in [-0.05, 0) is 72.8 Å². The molecule has 3 aromatic rings. The van der Waals surface area contributed by atoms with Crippen LogP contribution < -0.4 is 11.0 Å². The summed E-state index contributed by atoms with van der Waals surface area (Å²) in [6.07, 6.45) is 3.22. The van der Waals surface area contributed by atoms with Crippen molar-refractivity contribution in [3.8, 4) is 0 Å². The number of nitrogens with one attached hydrogen (secondary N) is 2. The van der Waals surface area contributed by atoms with Crippen molar-refractivity contribution in [1.29, 1.82) is 0 Å². The lowest BCUT2D eigenvalue weighted by atomic mass is 9.85. The smallest absolute Gasteiger partial charge is 0.326 e. The Morgan fingerprint density at radius 3 is 2.52 bits per heavy atom. The second kappa shape index (κ2) is 7.35. The van der Waals surface area contributed by atoms with Crippen LogP contribution in [0.25, 0.3) is 11.0 Å². The first-order valence-electron chi connectivity index (χ1n) is 9.29. The van der Waals surface area contributed by atoms with Gasteiger partial charge in [-0.15, -0.1) is 0 Å². The highest BCUT2D eigenvalue weighted by Gasteiger charge is 2.29. The maximum absolute atomic E-state index is 12.6. The third-order valence-corrected chi connectivity index (χ3v) is 6.11. The van der Waals surface area contributed by atoms with Crippen LogP contribution in [-0.2, 0) is 4.79 Å². The Balaban J connectivity index is 1.45. The second-order valence-electron chi connectivity index (χ2n) is 7.29. The molecule has 2 aromatic carbocycles. The summed E-state index contributed by atoms with van der Waals surface area (Å²) in [5, 5.41) is 3.02. The zero-order valence-corrected chi connectivity index (χ0v) is 16.8. The van der Waals surface area contributed by atoms with Gasteiger partial charge < -0.3 is 10.3 Å². The van der Waals surface area contributed by atoms with E-state index in [1.165, 1.54) is 5.56 Å². The van der Waals surface area contributed by atoms with Gasteiger partial charge in [0.1, 0.15) is 0 Å². The molecule has 27 heavy (non-hydrogen) atoms. The number of aromatic amines is 1. The highest BCUT2D eigenvalue weighted by atomic mass is 79.9. The minimum absolute atomic E-state index is 0.00445. The van der Waals surface area contributed by atoms with Gasteiger partial charge in [0, 0.05) is 22.1 Å². The SMILES string of the molecule is Cc1ccc(NC(=O)[C@H]2CC[C@@H](n3c(=O)[nH]c4c(Br)cccc43)CC2)cc1. The summed E-state index contributed by atoms with van der Waals surface area (Å²) in [4.78, 5) is 28.0. The fourth-order valence-corrected chi connectivity index (χ4v) is 4.41. The van der Waals surface area contributed by atoms with E-state index in [4.69, 9.17) is 0 Å². The molecule has 1 aromatic heterocycles. The Kier molecular flexibility index (Phi) is 4.91. The van der Waals surface area contributed by atoms with Gasteiger partial charge in [-0.25, -0.2) is 4.79 Å². The Labute approximate surface area is 165 Å². The van der Waals surface area contributed by atoms with Crippen LogP contribution in [0.1, 0.15) is 37.3 Å². The molecule has 1 amide bonds. The number of rotatable bonds is 3. The third kappa shape index (κ3) is 3.58. The van der Waals surface area contributed by atoms with E-state index in [0.717, 1.165) is 46.9 Å². The third-order valence-electron chi connectivity index (χ3n) is 5.45. The van der Waals surface area contributed by atoms with E-state index in [9.17, 15) is 9.59 Å². The van der Waals surface area contributed by atoms with E-state index in [0.29, 0.717) is 0 Å². The number of fused-ring (bicyclic) bond motifs is 1. The Hall–Kier alpha value is -2.34. The number of H-pyrrole nitrogens is 1. The molecule has 1 aliphatic rings. The summed E-state index contributed by atoms with van der Waals surface area (Å²) < 4.78 is 2.75. The molecule has 0 bridgehead atoms. The quantitative estimate of drug-likeness (QED) is 0.631. The second-order valence-corrected chi connectivity index (χ2v) is 8.15. The molecule has 0 aliphatic heterocycles. The topological polar surface area (TPSA) is 66.9 Å². The number of amides is 1. The fourth-order valence-electron chi connectivity index (χ4n) is 3.95. The summed E-state index contributed by atoms with van der Waals surface area (Å²) in [7, 11) is 0. The molecule has 1 heterocycles. The molecule has 0 atom stereocenters. The monoisotopic (exact) mass is 427 g/mol. The summed E-state index contributed by atoms with van der Waals surface area (Å²) in [6.45, 7) is 2.03. The molecule has 0 spiro atoms. The number of halogens is 1. The zero-order chi connectivity index (χ0) is 19.0. The van der Waals surface area contributed by atoms with E-state index in [1.807, 2.05) is 54.0 Å². The van der Waals surface area contributed by atoms with Crippen molar-refractivity contribution in [2.45, 2.75) is 38.6 Å². The van der Waals surface area contributed by atoms with Gasteiger partial charge >= 0.3 is 5.69 Å². The standard InChI is InChI=1S/C21H22BrN3O2/c1-13-5-9-15(10-6-13)23-20(26)14-7-11-16(12-8-14)25-18-4-2-3-17(22)19(18)24-21(25)27/h2-6,9-10,14,16H,7-8,11-12H2,1H3,(H,23,26)(H,24,27)/t14-,16+. The summed E-state index contributed by atoms with van der Waals surface area (Å²) in [5.41, 5.74) is 3.68. The minimum atomic E-state index is -0.0792. The summed E-state index contributed by atoms with van der Waals surface area (Å²) >= 11 is 3.50. The highest BCUT2D eigenvalue weighted by molar-refractivity contribution is 9.10. The van der Waals surface area contributed by atoms with Gasteiger partial charge in [-0.1, -0.05) is 23.8 Å². The first-order chi connectivity index (χ1) is 13.0. The number of anilines is 1. The van der Waals surface area contributed by atoms with E-state index < -0.39 is 0 Å². The maximum atomic E-state index is 12.6. The predicted octanol–water partition coefficient (Wildman–Crippen LogP) is 4.77. The van der Waals surface area contributed by atoms with Gasteiger partial charge in [0.2, 0.25) is 5.91 Å². The van der Waals surface area contributed by atoms with E-state index >= 15 is 0 Å². The van der Waals surface area contributed by atoms with Gasteiger partial charge in [-0.3, -0.25) is 9.36 Å². The average Bonchev–Trinajstić information content (AvgIpc) is 3.01. The first-order valence-corrected chi connectivity index (χ1v) is 10.1. The number of hydrogen-bond acceptors (Lipinski definition) is 2. The van der Waals surface area contributed by atoms with Crippen LogP contribution in [0.4, 0.5) is 5.69 Å². The molecule has 0 radical (unpaired) electrons. The van der Waals surface area contributed by atoms with Crippen LogP contribution in [0.2, 0.25) is 0 Å². The minimum Gasteiger partial charge on any atom is -0.326 e. The summed E-state index contributed by atoms with van der Waals surface area (Å²) in [6, 6.07) is 13.8. The fraction of sp³-hybridized carbons (Fsp3) is 0.333. The Morgan fingerprint density at radius 2 is 1.81 bits per heavy atom. The number of nitrogens with zero attached hydrogens (tertiary/aromatic N) is 1. The van der Waals surface area contributed by atoms with Gasteiger partial charge in [0.25, 0.3) is 0 Å². The average molecular weight is 428 g/mol. The lowest BCUT2D eigenvalue weighted by Crippen LogP contribution is -2.31. The molecule has 140 valence electrons. The number of benzene rings is 2. The van der Waals surface area contributed by atoms with Crippen molar-refractivity contribution in [2.24, 2.45) is 5.92 Å². The van der Waals surface area contributed by atoms with Crippen molar-refractivity contribution in [2.75, 3.05) is 5.32 Å². The molecule has 0 saturated heterocycles. The van der Waals surface area contributed by atoms with Crippen molar-refractivity contribution < 1.29 is 4.79 Å². The molecule has 2 N–H and O–H groups in total. The number of aromatic nitrogens is 2. The Bertz CT molecular complexity index is 1030. The van der Waals surface area contributed by atoms with Crippen molar-refractivity contribution in [1.82, 2.24) is 9.55 Å². The summed E-state index contributed by atoms with van der Waals surface area (Å²) in [5.74, 6) is 0.0709. The van der Waals surface area contributed by atoms with Crippen LogP contribution in [0.3, 0.4) is 0 Å². The molecule has 4 rings (SSSR count). The molecule has 1 aliphatic carbocycles. The Morgan fingerprint density at radius 1 is 1.11 bits per heavy atom. The molecule has 5 nitrogen and oxygen atoms in total. The van der Waals surface area contributed by atoms with Crippen molar-refractivity contribution >= 4 is 38.6 Å². The number of hydrogen-bond donors (Lipinski definition) is 2. The number of carbonyl (C=O) groups excluding carboxylic acids is 1. The predicted molar refractivity (Wildman–Crippen MR) is 111 cm³/mol. The number of carbonyl (C=O) groups is 1. The van der Waals surface area contributed by atoms with Crippen LogP contribution in [-0.4, -0.2) is 15.5 Å². The normalized spacial score (nSPS) is 19.9. The number of aryl methyl sites for hydroxylation is 1. The van der Waals surface area contributed by atoms with Crippen molar-refractivity contribution in [3.05, 3.63) is 63.0 Å². The van der Waals surface area contributed by atoms with Crippen LogP contribution in [0.5, 0.6) is 0 Å². The highest BCUT2D eigenvalue weighted by Crippen LogP contribution is 2.34. The molecule has 6 heteroatoms. The van der Waals surface area contributed by atoms with Gasteiger partial charge in [0.05, 0.1) is 11.0 Å². The number of para-hydroxylation sites is 1. The van der Waals surface area contributed by atoms with Crippen molar-refractivity contribution in [3.63, 3.8) is 0 Å². The van der Waals surface area contributed by atoms with Crippen LogP contribution in [0.15, 0.2) is 51.7 Å². The molecule has 1 saturated carbocycles. The first kappa shape index (κ1) is 18.0. The lowest BCUT2D eigenvalue weighted by molar-refractivity contribution is -0.121. The lowest BCUT2D eigenvalue weighted by Gasteiger charge is -2.28. The van der Waals surface area contributed by atoms with E-state index in [1.54, 1.807) is 0 Å². The van der Waals surface area contributed by atoms with Gasteiger partial charge in [0.15, 0.2) is 0 Å². The molecular formula is C21H22BrN3O2.